The maximum Gasteiger partial charge on any atom is 0.356 e. The Morgan fingerprint density at radius 3 is 2.43 bits per heavy atom. The van der Waals surface area contributed by atoms with E-state index in [1.54, 1.807) is 12.4 Å². The van der Waals surface area contributed by atoms with E-state index in [0.29, 0.717) is 10.7 Å². The monoisotopic (exact) mass is 687 g/mol. The molecule has 12 nitrogen and oxygen atoms in total. The molecule has 2 aromatic heterocycles. The fourth-order valence-corrected chi connectivity index (χ4v) is 7.85. The van der Waals surface area contributed by atoms with Crippen LogP contribution in [-0.2, 0) is 24.0 Å². The molecular weight excluding hydrogens is 659 g/mol. The van der Waals surface area contributed by atoms with Crippen molar-refractivity contribution in [3.63, 3.8) is 0 Å². The average Bonchev–Trinajstić information content (AvgIpc) is 3.54. The first-order valence-corrected chi connectivity index (χ1v) is 17.0. The van der Waals surface area contributed by atoms with E-state index in [0.717, 1.165) is 28.2 Å². The van der Waals surface area contributed by atoms with E-state index in [1.165, 1.54) is 35.5 Å². The predicted octanol–water partition coefficient (Wildman–Crippen LogP) is 4.06. The first-order valence-electron chi connectivity index (χ1n) is 14.3. The van der Waals surface area contributed by atoms with Crippen LogP contribution in [0.2, 0.25) is 0 Å². The summed E-state index contributed by atoms with van der Waals surface area (Å²) in [6.07, 6.45) is 4.58. The van der Waals surface area contributed by atoms with E-state index in [-0.39, 0.29) is 16.7 Å². The lowest BCUT2D eigenvalue weighted by Crippen LogP contribution is -2.71. The number of pyridine rings is 1. The normalized spacial score (nSPS) is 18.2. The molecule has 4 aromatic rings. The van der Waals surface area contributed by atoms with Crippen molar-refractivity contribution in [3.8, 4) is 0 Å². The molecule has 0 aliphatic carbocycles. The highest BCUT2D eigenvalue weighted by Crippen LogP contribution is 2.45. The third-order valence-corrected chi connectivity index (χ3v) is 10.1. The Labute approximate surface area is 283 Å². The van der Waals surface area contributed by atoms with Crippen molar-refractivity contribution < 1.29 is 24.0 Å². The number of nitrogens with two attached hydrogens (primary N) is 1. The summed E-state index contributed by atoms with van der Waals surface area (Å²) in [6.45, 7) is 0. The number of carbonyl (C=O) groups is 3. The first kappa shape index (κ1) is 32.4. The molecule has 2 amide bonds. The number of aromatic nitrogens is 3. The van der Waals surface area contributed by atoms with Gasteiger partial charge >= 0.3 is 5.97 Å². The number of anilines is 1. The third-order valence-electron chi connectivity index (χ3n) is 7.22. The van der Waals surface area contributed by atoms with Crippen LogP contribution in [0.25, 0.3) is 6.08 Å². The minimum atomic E-state index is -1.11. The molecule has 0 radical (unpaired) electrons. The van der Waals surface area contributed by atoms with Gasteiger partial charge in [-0.3, -0.25) is 19.5 Å². The van der Waals surface area contributed by atoms with Gasteiger partial charge in [-0.15, -0.1) is 11.8 Å². The lowest BCUT2D eigenvalue weighted by molar-refractivity contribution is -0.155. The number of amides is 2. The van der Waals surface area contributed by atoms with Gasteiger partial charge in [-0.25, -0.2) is 9.78 Å². The van der Waals surface area contributed by atoms with Crippen LogP contribution in [0.15, 0.2) is 101 Å². The van der Waals surface area contributed by atoms with E-state index in [2.05, 4.69) is 25.1 Å². The number of nitrogens with zero attached hydrogens (tertiary/aromatic N) is 4. The van der Waals surface area contributed by atoms with Crippen molar-refractivity contribution >= 4 is 64.0 Å². The summed E-state index contributed by atoms with van der Waals surface area (Å²) in [7, 11) is 1.35. The average molecular weight is 688 g/mol. The molecule has 47 heavy (non-hydrogen) atoms. The van der Waals surface area contributed by atoms with Crippen LogP contribution in [0.1, 0.15) is 34.7 Å². The zero-order chi connectivity index (χ0) is 32.8. The topological polar surface area (TPSA) is 162 Å². The largest absolute Gasteiger partial charge is 0.448 e. The van der Waals surface area contributed by atoms with Gasteiger partial charge in [0.1, 0.15) is 17.1 Å². The highest BCUT2D eigenvalue weighted by atomic mass is 32.2. The molecule has 0 saturated carbocycles. The van der Waals surface area contributed by atoms with Gasteiger partial charge in [0, 0.05) is 34.6 Å². The maximum absolute atomic E-state index is 14.2. The number of nitrogens with one attached hydrogen (secondary N) is 2. The van der Waals surface area contributed by atoms with Crippen molar-refractivity contribution in [2.45, 2.75) is 23.6 Å². The fourth-order valence-electron chi connectivity index (χ4n) is 5.03. The molecule has 0 bridgehead atoms. The number of β-lactam (4-membered cyclic amide) rings is 1. The number of esters is 1. The van der Waals surface area contributed by atoms with E-state index < -0.39 is 41.3 Å². The second-order valence-corrected chi connectivity index (χ2v) is 13.1. The van der Waals surface area contributed by atoms with Crippen LogP contribution >= 0.6 is 35.1 Å². The number of thioether (sulfide) groups is 2. The summed E-state index contributed by atoms with van der Waals surface area (Å²) in [5.41, 5.74) is 10.9. The van der Waals surface area contributed by atoms with Crippen molar-refractivity contribution in [2.75, 3.05) is 18.6 Å². The third kappa shape index (κ3) is 7.24. The number of rotatable bonds is 12. The number of hydroxylamine groups is 1. The van der Waals surface area contributed by atoms with Crippen LogP contribution < -0.4 is 16.5 Å². The van der Waals surface area contributed by atoms with Crippen LogP contribution in [0.4, 0.5) is 5.13 Å². The molecule has 3 atom stereocenters. The van der Waals surface area contributed by atoms with Gasteiger partial charge in [0.25, 0.3) is 5.91 Å². The fraction of sp³-hybridized carbons (Fsp3) is 0.188. The summed E-state index contributed by atoms with van der Waals surface area (Å²) in [5, 5.41) is 4.26. The van der Waals surface area contributed by atoms with Crippen molar-refractivity contribution in [3.05, 3.63) is 124 Å². The molecule has 0 spiro atoms. The Morgan fingerprint density at radius 1 is 1.09 bits per heavy atom. The van der Waals surface area contributed by atoms with Crippen molar-refractivity contribution in [1.82, 2.24) is 30.0 Å². The Kier molecular flexibility index (Phi) is 10.3. The summed E-state index contributed by atoms with van der Waals surface area (Å²) in [5.74, 6) is -1.16. The number of fused-ring (bicyclic) bond motifs is 1. The van der Waals surface area contributed by atoms with Gasteiger partial charge in [0.15, 0.2) is 23.1 Å². The Bertz CT molecular complexity index is 1750. The van der Waals surface area contributed by atoms with Gasteiger partial charge in [-0.1, -0.05) is 78.5 Å². The molecular formula is C32H29N7O5S3. The van der Waals surface area contributed by atoms with E-state index in [9.17, 15) is 14.4 Å². The molecule has 6 rings (SSSR count). The van der Waals surface area contributed by atoms with Crippen molar-refractivity contribution in [1.29, 1.82) is 0 Å². The molecule has 2 aliphatic rings. The minimum Gasteiger partial charge on any atom is -0.448 e. The van der Waals surface area contributed by atoms with E-state index in [4.69, 9.17) is 15.3 Å². The number of benzene rings is 2. The lowest BCUT2D eigenvalue weighted by Gasteiger charge is -2.49. The quantitative estimate of drug-likeness (QED) is 0.112. The SMILES string of the molecule is CONC(C(=O)NC1C(=O)N2C(C(=O)OC(c3ccccc3)c3ccccc3)=C(S/C=C\c3cccnc3)CS[C@H]12)c1nsc(N)n1. The molecule has 2 aliphatic heterocycles. The standard InChI is InChI=1S/C32H29N7O5S3/c1-43-37-23(27-36-32(33)47-38-27)28(40)35-24-29(41)39-25(22(18-46-30(24)39)45-16-14-19-9-8-15-34-17-19)31(42)44-26(20-10-4-2-5-11-20)21-12-6-3-7-13-21/h2-17,23-24,26,30,37H,18H2,1H3,(H,35,40)(H2,33,36,38)/b16-14-/t23?,24?,30-/m1/s1. The highest BCUT2D eigenvalue weighted by molar-refractivity contribution is 8.08. The number of hydrogen-bond acceptors (Lipinski definition) is 13. The maximum atomic E-state index is 14.2. The summed E-state index contributed by atoms with van der Waals surface area (Å²) in [4.78, 5) is 56.5. The Hall–Kier alpha value is -4.54. The smallest absolute Gasteiger partial charge is 0.356 e. The zero-order valence-electron chi connectivity index (χ0n) is 24.9. The van der Waals surface area contributed by atoms with Gasteiger partial charge in [-0.2, -0.15) is 9.85 Å². The van der Waals surface area contributed by atoms with Gasteiger partial charge in [0.2, 0.25) is 5.91 Å². The molecule has 15 heteroatoms. The summed E-state index contributed by atoms with van der Waals surface area (Å²) >= 11 is 3.70. The number of ether oxygens (including phenoxy) is 1. The predicted molar refractivity (Wildman–Crippen MR) is 181 cm³/mol. The molecule has 240 valence electrons. The van der Waals surface area contributed by atoms with Crippen LogP contribution in [0.3, 0.4) is 0 Å². The van der Waals surface area contributed by atoms with Gasteiger partial charge in [-0.05, 0) is 34.2 Å². The molecule has 1 fully saturated rings. The van der Waals surface area contributed by atoms with E-state index >= 15 is 0 Å². The second-order valence-electron chi connectivity index (χ2n) is 10.2. The molecule has 4 heterocycles. The summed E-state index contributed by atoms with van der Waals surface area (Å²) in [6, 6.07) is 20.6. The first-order chi connectivity index (χ1) is 22.9. The van der Waals surface area contributed by atoms with Crippen LogP contribution in [0.5, 0.6) is 0 Å². The number of nitrogen functional groups attached to an aromatic ring is 1. The van der Waals surface area contributed by atoms with Crippen LogP contribution in [-0.4, -0.2) is 61.3 Å². The van der Waals surface area contributed by atoms with Crippen molar-refractivity contribution in [2.24, 2.45) is 0 Å². The highest BCUT2D eigenvalue weighted by Gasteiger charge is 2.55. The zero-order valence-corrected chi connectivity index (χ0v) is 27.3. The van der Waals surface area contributed by atoms with Crippen LogP contribution in [0, 0.1) is 0 Å². The van der Waals surface area contributed by atoms with E-state index in [1.807, 2.05) is 84.3 Å². The minimum absolute atomic E-state index is 0.114. The number of carbonyl (C=O) groups excluding carboxylic acids is 3. The molecule has 4 N–H and O–H groups in total. The molecule has 1 saturated heterocycles. The second kappa shape index (κ2) is 14.9. The number of hydrogen-bond donors (Lipinski definition) is 3. The van der Waals surface area contributed by atoms with Gasteiger partial charge < -0.3 is 20.6 Å². The Balaban J connectivity index is 1.28. The van der Waals surface area contributed by atoms with Gasteiger partial charge in [0.05, 0.1) is 7.11 Å². The summed E-state index contributed by atoms with van der Waals surface area (Å²) < 4.78 is 10.3. The molecule has 2 aromatic carbocycles. The lowest BCUT2D eigenvalue weighted by atomic mass is 10.0. The Morgan fingerprint density at radius 2 is 1.81 bits per heavy atom. The molecule has 2 unspecified atom stereocenters.